The van der Waals surface area contributed by atoms with E-state index in [0.717, 1.165) is 38.5 Å². The topological polar surface area (TPSA) is 27.7 Å². The molecule has 0 fully saturated rings. The molecule has 0 aliphatic heterocycles. The summed E-state index contributed by atoms with van der Waals surface area (Å²) in [6.45, 7) is 0.698. The number of halogens is 20. The monoisotopic (exact) mass is 1160 g/mol. The summed E-state index contributed by atoms with van der Waals surface area (Å²) in [6.07, 6.45) is -40.2. The first-order chi connectivity index (χ1) is 27.7. The van der Waals surface area contributed by atoms with Gasteiger partial charge in [-0.05, 0) is 0 Å². The molecule has 0 rings (SSSR count). The fourth-order valence-electron chi connectivity index (χ4n) is 6.27. The van der Waals surface area contributed by atoms with Crippen molar-refractivity contribution in [2.45, 2.75) is 208 Å². The number of unbranched alkanes of at least 4 members (excludes halogenated alkanes) is 14. The Morgan fingerprint density at radius 2 is 0.475 bits per heavy atom. The predicted octanol–water partition coefficient (Wildman–Crippen LogP) is 16.3. The summed E-state index contributed by atoms with van der Waals surface area (Å²) in [7, 11) is 0. The number of hydrogen-bond donors (Lipinski definition) is 0. The molecule has 0 amide bonds. The number of alkyl halides is 20. The summed E-state index contributed by atoms with van der Waals surface area (Å²) in [4.78, 5) is 0. The van der Waals surface area contributed by atoms with Crippen LogP contribution in [0.25, 0.3) is 0 Å². The molecule has 0 atom stereocenters. The summed E-state index contributed by atoms with van der Waals surface area (Å²) >= 11 is -19.1. The van der Waals surface area contributed by atoms with E-state index in [-0.39, 0.29) is 25.7 Å². The van der Waals surface area contributed by atoms with Crippen molar-refractivity contribution in [2.75, 3.05) is 13.2 Å². The molecule has 0 radical (unpaired) electrons. The van der Waals surface area contributed by atoms with Crippen LogP contribution in [0.2, 0.25) is 0 Å². The van der Waals surface area contributed by atoms with Crippen LogP contribution in [0.3, 0.4) is 0 Å². The standard InChI is InChI=1S/2C10H21O.4C4H4F5.O.2Sn/c2*1-2-3-4-5-6-7-8-9-10-11;4*5-3(6)1-2-4(7,8)9;;;/h2*2-10H2,1H3;4*1-2H2;;;/q2*-1;;;;;;2*+1. The fraction of sp³-hybridized carbons (Fsp3) is 1.00. The van der Waals surface area contributed by atoms with Crippen LogP contribution in [0, 0.1) is 0 Å². The quantitative estimate of drug-likeness (QED) is 0.0365. The molecule has 0 bridgehead atoms. The van der Waals surface area contributed by atoms with Crippen LogP contribution in [0.5, 0.6) is 0 Å². The first-order valence-electron chi connectivity index (χ1n) is 20.4. The van der Waals surface area contributed by atoms with Crippen molar-refractivity contribution in [1.82, 2.24) is 0 Å². The molecule has 0 aromatic rings. The van der Waals surface area contributed by atoms with Gasteiger partial charge >= 0.3 is 355 Å². The Bertz CT molecular complexity index is 1030. The molecular weight excluding hydrogens is 1100 g/mol. The van der Waals surface area contributed by atoms with Crippen LogP contribution in [0.1, 0.15) is 168 Å². The van der Waals surface area contributed by atoms with E-state index in [9.17, 15) is 52.7 Å². The third kappa shape index (κ3) is 22.9. The van der Waals surface area contributed by atoms with Gasteiger partial charge in [0, 0.05) is 0 Å². The molecule has 0 spiro atoms. The molecule has 0 heterocycles. The number of rotatable bonds is 34. The van der Waals surface area contributed by atoms with Crippen LogP contribution in [-0.2, 0) is 7.56 Å². The summed E-state index contributed by atoms with van der Waals surface area (Å²) in [5.41, 5.74) is 0. The second-order valence-electron chi connectivity index (χ2n) is 15.3. The molecule has 0 N–H and O–H groups in total. The van der Waals surface area contributed by atoms with Crippen LogP contribution in [0.15, 0.2) is 0 Å². The fourth-order valence-corrected chi connectivity index (χ4v) is 44.0. The first-order valence-corrected chi connectivity index (χ1v) is 30.8. The van der Waals surface area contributed by atoms with Gasteiger partial charge in [0.25, 0.3) is 0 Å². The van der Waals surface area contributed by atoms with E-state index in [4.69, 9.17) is 6.15 Å². The molecule has 0 aromatic carbocycles. The van der Waals surface area contributed by atoms with E-state index in [2.05, 4.69) is 1.41 Å². The summed E-state index contributed by atoms with van der Waals surface area (Å²) in [6, 6.07) is 0. The molecular formula is C36H58F20O3Sn2. The Hall–Kier alpha value is 0.0774. The molecule has 61 heavy (non-hydrogen) atoms. The minimum atomic E-state index is -9.56. The third-order valence-electron chi connectivity index (χ3n) is 9.71. The van der Waals surface area contributed by atoms with Gasteiger partial charge in [0.05, 0.1) is 0 Å². The molecule has 368 valence electrons. The van der Waals surface area contributed by atoms with Gasteiger partial charge in [-0.25, -0.2) is 0 Å². The van der Waals surface area contributed by atoms with Crippen molar-refractivity contribution in [3.8, 4) is 0 Å². The SMILES string of the molecule is CCCCCCCCCC[O][Sn]([O][Sn]([O]CCCCCCCCCC)([C](F)(F)CCC(F)(F)F)[C](F)(F)CCC(F)(F)F)([C](F)(F)CCC(F)(F)F)[C](F)(F)CCC(F)(F)F. The Labute approximate surface area is 354 Å². The normalized spacial score (nSPS) is 14.7. The minimum absolute atomic E-state index is 0.136. The molecule has 0 saturated carbocycles. The van der Waals surface area contributed by atoms with E-state index in [1.807, 2.05) is 13.8 Å². The van der Waals surface area contributed by atoms with Crippen LogP contribution in [0.4, 0.5) is 87.8 Å². The predicted molar refractivity (Wildman–Crippen MR) is 191 cm³/mol. The molecule has 0 aliphatic rings. The second-order valence-corrected chi connectivity index (χ2v) is 36.8. The van der Waals surface area contributed by atoms with E-state index in [1.54, 1.807) is 0 Å². The zero-order valence-corrected chi connectivity index (χ0v) is 39.9. The molecule has 25 heteroatoms. The summed E-state index contributed by atoms with van der Waals surface area (Å²) in [5, 5.41) is 0. The van der Waals surface area contributed by atoms with E-state index in [1.165, 1.54) is 0 Å². The van der Waals surface area contributed by atoms with E-state index >= 15 is 35.1 Å². The van der Waals surface area contributed by atoms with Crippen LogP contribution >= 0.6 is 0 Å². The Kier molecular flexibility index (Phi) is 26.5. The maximum absolute atomic E-state index is 16.5. The van der Waals surface area contributed by atoms with Gasteiger partial charge in [-0.1, -0.05) is 0 Å². The van der Waals surface area contributed by atoms with Gasteiger partial charge in [0.1, 0.15) is 0 Å². The third-order valence-corrected chi connectivity index (χ3v) is 39.7. The van der Waals surface area contributed by atoms with Gasteiger partial charge in [0.15, 0.2) is 0 Å². The summed E-state index contributed by atoms with van der Waals surface area (Å²) in [5.74, 6) is 0. The molecule has 3 nitrogen and oxygen atoms in total. The van der Waals surface area contributed by atoms with E-state index in [0.29, 0.717) is 25.7 Å². The van der Waals surface area contributed by atoms with Crippen molar-refractivity contribution in [2.24, 2.45) is 0 Å². The van der Waals surface area contributed by atoms with Crippen molar-refractivity contribution < 1.29 is 95.4 Å². The zero-order valence-electron chi connectivity index (χ0n) is 34.2. The summed E-state index contributed by atoms with van der Waals surface area (Å²) < 4.78 is 283. The van der Waals surface area contributed by atoms with Crippen molar-refractivity contribution in [3.05, 3.63) is 0 Å². The Morgan fingerprint density at radius 3 is 0.672 bits per heavy atom. The second kappa shape index (κ2) is 26.4. The van der Waals surface area contributed by atoms with Gasteiger partial charge in [0.2, 0.25) is 0 Å². The molecule has 0 unspecified atom stereocenters. The van der Waals surface area contributed by atoms with Gasteiger partial charge in [-0.3, -0.25) is 0 Å². The van der Waals surface area contributed by atoms with Gasteiger partial charge < -0.3 is 0 Å². The van der Waals surface area contributed by atoms with Crippen LogP contribution < -0.4 is 0 Å². The zero-order chi connectivity index (χ0) is 47.5. The van der Waals surface area contributed by atoms with Crippen molar-refractivity contribution >= 4 is 38.4 Å². The van der Waals surface area contributed by atoms with Crippen LogP contribution in [-0.4, -0.2) is 92.1 Å². The molecule has 0 aromatic heterocycles. The first kappa shape index (κ1) is 61.1. The average molecular weight is 1160 g/mol. The van der Waals surface area contributed by atoms with Crippen molar-refractivity contribution in [3.63, 3.8) is 0 Å². The molecule has 0 aliphatic carbocycles. The number of hydrogen-bond acceptors (Lipinski definition) is 3. The van der Waals surface area contributed by atoms with Gasteiger partial charge in [-0.2, -0.15) is 0 Å². The average Bonchev–Trinajstić information content (AvgIpc) is 3.11. The Morgan fingerprint density at radius 1 is 0.279 bits per heavy atom. The molecule has 0 saturated heterocycles. The van der Waals surface area contributed by atoms with Gasteiger partial charge in [-0.15, -0.1) is 0 Å². The Balaban J connectivity index is 8.00. The van der Waals surface area contributed by atoms with Crippen molar-refractivity contribution in [1.29, 1.82) is 0 Å². The maximum atomic E-state index is 16.5. The van der Waals surface area contributed by atoms with E-state index < -0.39 is 156 Å².